The van der Waals surface area contributed by atoms with E-state index in [2.05, 4.69) is 29.5 Å². The lowest BCUT2D eigenvalue weighted by molar-refractivity contribution is -0.120. The first-order valence-electron chi connectivity index (χ1n) is 6.86. The highest BCUT2D eigenvalue weighted by Gasteiger charge is 2.29. The highest BCUT2D eigenvalue weighted by molar-refractivity contribution is 5.85. The van der Waals surface area contributed by atoms with Crippen LogP contribution in [0.4, 0.5) is 0 Å². The summed E-state index contributed by atoms with van der Waals surface area (Å²) in [7, 11) is 2.15. The molecule has 0 bridgehead atoms. The first-order valence-corrected chi connectivity index (χ1v) is 6.86. The molecule has 0 aromatic heterocycles. The summed E-state index contributed by atoms with van der Waals surface area (Å²) in [6, 6.07) is 1.20. The molecule has 4 nitrogen and oxygen atoms in total. The highest BCUT2D eigenvalue weighted by atomic mass is 35.5. The monoisotopic (exact) mass is 311 g/mol. The van der Waals surface area contributed by atoms with Crippen molar-refractivity contribution in [3.05, 3.63) is 0 Å². The molecule has 2 fully saturated rings. The summed E-state index contributed by atoms with van der Waals surface area (Å²) in [5, 5.41) is 6.21. The molecule has 0 saturated heterocycles. The molecule has 114 valence electrons. The molecule has 6 heteroatoms. The maximum absolute atomic E-state index is 11.6. The zero-order valence-corrected chi connectivity index (χ0v) is 13.5. The fourth-order valence-corrected chi connectivity index (χ4v) is 2.02. The van der Waals surface area contributed by atoms with Gasteiger partial charge in [0.1, 0.15) is 0 Å². The Labute approximate surface area is 128 Å². The molecule has 0 heterocycles. The summed E-state index contributed by atoms with van der Waals surface area (Å²) in [4.78, 5) is 13.9. The van der Waals surface area contributed by atoms with Gasteiger partial charge in [0, 0.05) is 18.6 Å². The second kappa shape index (κ2) is 9.01. The summed E-state index contributed by atoms with van der Waals surface area (Å²) in [5.41, 5.74) is 0. The summed E-state index contributed by atoms with van der Waals surface area (Å²) in [5.74, 6) is 0.962. The number of hydrogen-bond donors (Lipinski definition) is 2. The number of halogens is 2. The van der Waals surface area contributed by atoms with E-state index >= 15 is 0 Å². The number of nitrogens with zero attached hydrogens (tertiary/aromatic N) is 1. The van der Waals surface area contributed by atoms with Crippen LogP contribution in [0.1, 0.15) is 32.6 Å². The van der Waals surface area contributed by atoms with Gasteiger partial charge in [-0.3, -0.25) is 9.69 Å². The van der Waals surface area contributed by atoms with Crippen molar-refractivity contribution in [2.24, 2.45) is 5.92 Å². The molecule has 2 saturated carbocycles. The minimum absolute atomic E-state index is 0. The van der Waals surface area contributed by atoms with Gasteiger partial charge in [0.15, 0.2) is 0 Å². The Kier molecular flexibility index (Phi) is 8.99. The van der Waals surface area contributed by atoms with Crippen molar-refractivity contribution in [3.63, 3.8) is 0 Å². The van der Waals surface area contributed by atoms with Crippen LogP contribution in [-0.4, -0.2) is 49.6 Å². The third-order valence-corrected chi connectivity index (χ3v) is 3.83. The molecule has 1 unspecified atom stereocenters. The Morgan fingerprint density at radius 2 is 1.89 bits per heavy atom. The molecule has 0 aromatic rings. The molecule has 0 radical (unpaired) electrons. The average molecular weight is 312 g/mol. The van der Waals surface area contributed by atoms with Crippen LogP contribution in [0.3, 0.4) is 0 Å². The molecule has 2 aliphatic carbocycles. The molecule has 2 aliphatic rings. The topological polar surface area (TPSA) is 44.4 Å². The average Bonchev–Trinajstić information content (AvgIpc) is 3.16. The highest BCUT2D eigenvalue weighted by Crippen LogP contribution is 2.27. The SMILES string of the molecule is CC(CNC(=O)CNCC1CC1)N(C)C1CC1.Cl.Cl. The van der Waals surface area contributed by atoms with E-state index in [1.54, 1.807) is 0 Å². The Morgan fingerprint density at radius 3 is 2.42 bits per heavy atom. The maximum Gasteiger partial charge on any atom is 0.234 e. The summed E-state index contributed by atoms with van der Waals surface area (Å²) in [6.07, 6.45) is 5.30. The van der Waals surface area contributed by atoms with Crippen LogP contribution in [-0.2, 0) is 4.79 Å². The minimum Gasteiger partial charge on any atom is -0.353 e. The van der Waals surface area contributed by atoms with E-state index in [4.69, 9.17) is 0 Å². The summed E-state index contributed by atoms with van der Waals surface area (Å²) < 4.78 is 0. The van der Waals surface area contributed by atoms with Crippen LogP contribution < -0.4 is 10.6 Å². The van der Waals surface area contributed by atoms with Crippen molar-refractivity contribution < 1.29 is 4.79 Å². The van der Waals surface area contributed by atoms with Crippen molar-refractivity contribution in [3.8, 4) is 0 Å². The van der Waals surface area contributed by atoms with Gasteiger partial charge < -0.3 is 10.6 Å². The standard InChI is InChI=1S/C13H25N3O.2ClH/c1-10(16(2)12-5-6-12)7-15-13(17)9-14-8-11-3-4-11;;/h10-12,14H,3-9H2,1-2H3,(H,15,17);2*1H. The third-order valence-electron chi connectivity index (χ3n) is 3.83. The fourth-order valence-electron chi connectivity index (χ4n) is 2.02. The predicted molar refractivity (Wildman–Crippen MR) is 83.3 cm³/mol. The maximum atomic E-state index is 11.6. The van der Waals surface area contributed by atoms with Gasteiger partial charge >= 0.3 is 0 Å². The van der Waals surface area contributed by atoms with Crippen LogP contribution in [0.25, 0.3) is 0 Å². The van der Waals surface area contributed by atoms with E-state index in [1.807, 2.05) is 0 Å². The van der Waals surface area contributed by atoms with Gasteiger partial charge in [-0.2, -0.15) is 0 Å². The van der Waals surface area contributed by atoms with Crippen LogP contribution in [0.5, 0.6) is 0 Å². The normalized spacial score (nSPS) is 19.3. The van der Waals surface area contributed by atoms with E-state index in [9.17, 15) is 4.79 Å². The number of hydrogen-bond acceptors (Lipinski definition) is 3. The van der Waals surface area contributed by atoms with E-state index in [0.29, 0.717) is 12.6 Å². The zero-order chi connectivity index (χ0) is 12.3. The van der Waals surface area contributed by atoms with Gasteiger partial charge in [-0.05, 0) is 52.1 Å². The van der Waals surface area contributed by atoms with Crippen molar-refractivity contribution in [2.45, 2.75) is 44.7 Å². The minimum atomic E-state index is 0. The Hall–Kier alpha value is -0.0300. The molecule has 1 atom stereocenters. The Morgan fingerprint density at radius 1 is 1.26 bits per heavy atom. The second-order valence-corrected chi connectivity index (χ2v) is 5.62. The lowest BCUT2D eigenvalue weighted by Gasteiger charge is -2.24. The first kappa shape index (κ1) is 19.0. The molecule has 0 aliphatic heterocycles. The van der Waals surface area contributed by atoms with E-state index < -0.39 is 0 Å². The Balaban J connectivity index is 0.00000162. The first-order chi connectivity index (χ1) is 8.16. The Bertz CT molecular complexity index is 271. The molecule has 19 heavy (non-hydrogen) atoms. The van der Waals surface area contributed by atoms with Gasteiger partial charge in [0.25, 0.3) is 0 Å². The van der Waals surface area contributed by atoms with Crippen LogP contribution in [0.15, 0.2) is 0 Å². The lowest BCUT2D eigenvalue weighted by atomic mass is 10.3. The largest absolute Gasteiger partial charge is 0.353 e. The van der Waals surface area contributed by atoms with Gasteiger partial charge in [0.05, 0.1) is 6.54 Å². The fraction of sp³-hybridized carbons (Fsp3) is 0.923. The van der Waals surface area contributed by atoms with E-state index in [1.165, 1.54) is 25.7 Å². The van der Waals surface area contributed by atoms with Crippen molar-refractivity contribution in [1.29, 1.82) is 0 Å². The number of rotatable bonds is 8. The van der Waals surface area contributed by atoms with Crippen molar-refractivity contribution >= 4 is 30.7 Å². The van der Waals surface area contributed by atoms with Crippen LogP contribution >= 0.6 is 24.8 Å². The molecule has 1 amide bonds. The predicted octanol–water partition coefficient (Wildman–Crippen LogP) is 1.43. The van der Waals surface area contributed by atoms with Gasteiger partial charge in [-0.25, -0.2) is 0 Å². The van der Waals surface area contributed by atoms with E-state index in [0.717, 1.165) is 25.0 Å². The van der Waals surface area contributed by atoms with E-state index in [-0.39, 0.29) is 30.7 Å². The number of carbonyl (C=O) groups is 1. The van der Waals surface area contributed by atoms with Gasteiger partial charge in [0.2, 0.25) is 5.91 Å². The smallest absolute Gasteiger partial charge is 0.234 e. The molecule has 0 spiro atoms. The summed E-state index contributed by atoms with van der Waals surface area (Å²) in [6.45, 7) is 4.41. The third kappa shape index (κ3) is 7.35. The number of nitrogens with one attached hydrogen (secondary N) is 2. The molecule has 2 N–H and O–H groups in total. The van der Waals surface area contributed by atoms with Gasteiger partial charge in [-0.15, -0.1) is 24.8 Å². The van der Waals surface area contributed by atoms with Crippen LogP contribution in [0.2, 0.25) is 0 Å². The van der Waals surface area contributed by atoms with Crippen molar-refractivity contribution in [2.75, 3.05) is 26.7 Å². The lowest BCUT2D eigenvalue weighted by Crippen LogP contribution is -2.43. The number of carbonyl (C=O) groups excluding carboxylic acids is 1. The quantitative estimate of drug-likeness (QED) is 0.713. The molecule has 2 rings (SSSR count). The molecule has 0 aromatic carbocycles. The zero-order valence-electron chi connectivity index (χ0n) is 11.9. The number of amides is 1. The summed E-state index contributed by atoms with van der Waals surface area (Å²) >= 11 is 0. The molecular formula is C13H27Cl2N3O. The van der Waals surface area contributed by atoms with Gasteiger partial charge in [-0.1, -0.05) is 0 Å². The number of likely N-dealkylation sites (N-methyl/N-ethyl adjacent to an activating group) is 1. The van der Waals surface area contributed by atoms with Crippen LogP contribution in [0, 0.1) is 5.92 Å². The molecular weight excluding hydrogens is 285 g/mol. The second-order valence-electron chi connectivity index (χ2n) is 5.62. The van der Waals surface area contributed by atoms with Crippen molar-refractivity contribution in [1.82, 2.24) is 15.5 Å².